The van der Waals surface area contributed by atoms with E-state index in [0.717, 1.165) is 24.4 Å². The van der Waals surface area contributed by atoms with Gasteiger partial charge in [-0.15, -0.1) is 0 Å². The van der Waals surface area contributed by atoms with E-state index >= 15 is 0 Å². The van der Waals surface area contributed by atoms with Crippen LogP contribution in [0.15, 0.2) is 18.5 Å². The molecule has 0 spiro atoms. The van der Waals surface area contributed by atoms with Crippen LogP contribution in [0.25, 0.3) is 0 Å². The van der Waals surface area contributed by atoms with Gasteiger partial charge in [0.25, 0.3) is 0 Å². The number of hydrogen-bond acceptors (Lipinski definition) is 2. The number of nitrogens with zero attached hydrogens (tertiary/aromatic N) is 1. The summed E-state index contributed by atoms with van der Waals surface area (Å²) < 4.78 is 2.29. The van der Waals surface area contributed by atoms with Crippen molar-refractivity contribution in [2.45, 2.75) is 63.4 Å². The van der Waals surface area contributed by atoms with E-state index in [1.54, 1.807) is 0 Å². The van der Waals surface area contributed by atoms with Gasteiger partial charge in [0.05, 0.1) is 0 Å². The van der Waals surface area contributed by atoms with Crippen LogP contribution in [0.4, 0.5) is 0 Å². The summed E-state index contributed by atoms with van der Waals surface area (Å²) in [6.45, 7) is 4.40. The molecule has 0 amide bonds. The summed E-state index contributed by atoms with van der Waals surface area (Å²) in [7, 11) is 0. The maximum Gasteiger partial charge on any atom is 0.0223 e. The van der Waals surface area contributed by atoms with Crippen LogP contribution in [0.3, 0.4) is 0 Å². The lowest BCUT2D eigenvalue weighted by atomic mass is 9.95. The lowest BCUT2D eigenvalue weighted by molar-refractivity contribution is 0.379. The Labute approximate surface area is 116 Å². The molecule has 0 atom stereocenters. The van der Waals surface area contributed by atoms with Gasteiger partial charge in [-0.25, -0.2) is 0 Å². The van der Waals surface area contributed by atoms with Crippen LogP contribution in [0, 0.1) is 0 Å². The zero-order valence-corrected chi connectivity index (χ0v) is 12.5. The summed E-state index contributed by atoms with van der Waals surface area (Å²) in [5.41, 5.74) is 1.43. The average molecular weight is 266 g/mol. The van der Waals surface area contributed by atoms with Crippen molar-refractivity contribution >= 4 is 11.8 Å². The molecule has 18 heavy (non-hydrogen) atoms. The van der Waals surface area contributed by atoms with E-state index in [1.807, 2.05) is 11.8 Å². The van der Waals surface area contributed by atoms with E-state index in [0.29, 0.717) is 0 Å². The predicted molar refractivity (Wildman–Crippen MR) is 81.1 cm³/mol. The second-order valence-corrected chi connectivity index (χ2v) is 6.49. The van der Waals surface area contributed by atoms with E-state index in [-0.39, 0.29) is 0 Å². The summed E-state index contributed by atoms with van der Waals surface area (Å²) >= 11 is 2.04. The van der Waals surface area contributed by atoms with Gasteiger partial charge in [-0.05, 0) is 50.0 Å². The molecule has 102 valence electrons. The van der Waals surface area contributed by atoms with Gasteiger partial charge in [0.1, 0.15) is 0 Å². The fourth-order valence-electron chi connectivity index (χ4n) is 2.76. The molecule has 1 aliphatic rings. The zero-order chi connectivity index (χ0) is 12.8. The minimum Gasteiger partial charge on any atom is -0.354 e. The third-order valence-corrected chi connectivity index (χ3v) is 5.03. The maximum absolute atomic E-state index is 3.72. The molecule has 2 nitrogen and oxygen atoms in total. The number of thioether (sulfide) groups is 1. The number of hydrogen-bond donors (Lipinski definition) is 1. The first-order valence-electron chi connectivity index (χ1n) is 7.22. The van der Waals surface area contributed by atoms with Crippen LogP contribution >= 0.6 is 11.8 Å². The molecule has 0 unspecified atom stereocenters. The third-order valence-electron chi connectivity index (χ3n) is 3.90. The summed E-state index contributed by atoms with van der Waals surface area (Å²) in [5.74, 6) is 0. The van der Waals surface area contributed by atoms with Gasteiger partial charge in [-0.1, -0.05) is 6.92 Å². The smallest absolute Gasteiger partial charge is 0.0223 e. The molecule has 1 saturated carbocycles. The number of rotatable bonds is 6. The standard InChI is InChI=1S/C15H26N2S/c1-3-9-17-10-8-13(12-17)11-16-14-4-6-15(18-2)7-5-14/h8,10,12,14-16H,3-7,9,11H2,1-2H3. The van der Waals surface area contributed by atoms with Crippen molar-refractivity contribution in [3.8, 4) is 0 Å². The van der Waals surface area contributed by atoms with Crippen LogP contribution in [-0.2, 0) is 13.1 Å². The Kier molecular flexibility index (Phi) is 5.64. The number of nitrogens with one attached hydrogen (secondary N) is 1. The topological polar surface area (TPSA) is 17.0 Å². The van der Waals surface area contributed by atoms with Gasteiger partial charge in [0.15, 0.2) is 0 Å². The van der Waals surface area contributed by atoms with Crippen LogP contribution in [0.2, 0.25) is 0 Å². The lowest BCUT2D eigenvalue weighted by Crippen LogP contribution is -2.33. The normalized spacial score (nSPS) is 24.3. The van der Waals surface area contributed by atoms with Crippen molar-refractivity contribution in [3.05, 3.63) is 24.0 Å². The lowest BCUT2D eigenvalue weighted by Gasteiger charge is -2.28. The second kappa shape index (κ2) is 7.25. The first kappa shape index (κ1) is 14.0. The fourth-order valence-corrected chi connectivity index (χ4v) is 3.50. The monoisotopic (exact) mass is 266 g/mol. The largest absolute Gasteiger partial charge is 0.354 e. The SMILES string of the molecule is CCCn1ccc(CNC2CCC(SC)CC2)c1. The van der Waals surface area contributed by atoms with Crippen LogP contribution in [0.5, 0.6) is 0 Å². The second-order valence-electron chi connectivity index (χ2n) is 5.35. The Morgan fingerprint density at radius 1 is 1.33 bits per heavy atom. The van der Waals surface area contributed by atoms with E-state index in [9.17, 15) is 0 Å². The zero-order valence-electron chi connectivity index (χ0n) is 11.7. The van der Waals surface area contributed by atoms with Crippen LogP contribution in [-0.4, -0.2) is 22.1 Å². The van der Waals surface area contributed by atoms with E-state index in [1.165, 1.54) is 37.7 Å². The molecule has 1 aromatic rings. The van der Waals surface area contributed by atoms with Crippen molar-refractivity contribution < 1.29 is 0 Å². The number of aromatic nitrogens is 1. The Balaban J connectivity index is 1.71. The fraction of sp³-hybridized carbons (Fsp3) is 0.733. The molecule has 0 bridgehead atoms. The van der Waals surface area contributed by atoms with Crippen molar-refractivity contribution in [3.63, 3.8) is 0 Å². The van der Waals surface area contributed by atoms with Gasteiger partial charge in [-0.3, -0.25) is 0 Å². The molecule has 1 aliphatic carbocycles. The average Bonchev–Trinajstić information content (AvgIpc) is 2.85. The Hall–Kier alpha value is -0.410. The molecule has 0 saturated heterocycles. The quantitative estimate of drug-likeness (QED) is 0.846. The third kappa shape index (κ3) is 4.06. The van der Waals surface area contributed by atoms with Gasteiger partial charge < -0.3 is 9.88 Å². The van der Waals surface area contributed by atoms with Crippen LogP contribution in [0.1, 0.15) is 44.6 Å². The molecule has 0 aliphatic heterocycles. The molecule has 1 aromatic heterocycles. The maximum atomic E-state index is 3.72. The molecule has 3 heteroatoms. The van der Waals surface area contributed by atoms with E-state index < -0.39 is 0 Å². The first-order valence-corrected chi connectivity index (χ1v) is 8.51. The van der Waals surface area contributed by atoms with Crippen molar-refractivity contribution in [1.29, 1.82) is 0 Å². The van der Waals surface area contributed by atoms with Gasteiger partial charge in [-0.2, -0.15) is 11.8 Å². The van der Waals surface area contributed by atoms with Crippen molar-refractivity contribution in [2.24, 2.45) is 0 Å². The molecule has 0 radical (unpaired) electrons. The van der Waals surface area contributed by atoms with Gasteiger partial charge in [0, 0.05) is 36.8 Å². The molecule has 1 heterocycles. The Bertz CT molecular complexity index is 340. The Morgan fingerprint density at radius 2 is 2.11 bits per heavy atom. The summed E-state index contributed by atoms with van der Waals surface area (Å²) in [6.07, 6.45) is 13.4. The molecule has 1 fully saturated rings. The van der Waals surface area contributed by atoms with Crippen molar-refractivity contribution in [2.75, 3.05) is 6.26 Å². The van der Waals surface area contributed by atoms with E-state index in [2.05, 4.69) is 41.5 Å². The molecular weight excluding hydrogens is 240 g/mol. The van der Waals surface area contributed by atoms with Crippen LogP contribution < -0.4 is 5.32 Å². The highest BCUT2D eigenvalue weighted by Gasteiger charge is 2.19. The molecule has 2 rings (SSSR count). The Morgan fingerprint density at radius 3 is 2.78 bits per heavy atom. The minimum absolute atomic E-state index is 0.739. The minimum atomic E-state index is 0.739. The highest BCUT2D eigenvalue weighted by molar-refractivity contribution is 7.99. The predicted octanol–water partition coefficient (Wildman–Crippen LogP) is 3.66. The molecular formula is C15H26N2S. The van der Waals surface area contributed by atoms with Gasteiger partial charge in [0.2, 0.25) is 0 Å². The summed E-state index contributed by atoms with van der Waals surface area (Å²) in [4.78, 5) is 0. The number of aryl methyl sites for hydroxylation is 1. The summed E-state index contributed by atoms with van der Waals surface area (Å²) in [6, 6.07) is 2.99. The summed E-state index contributed by atoms with van der Waals surface area (Å²) in [5, 5.41) is 4.63. The highest BCUT2D eigenvalue weighted by atomic mass is 32.2. The molecule has 1 N–H and O–H groups in total. The van der Waals surface area contributed by atoms with E-state index in [4.69, 9.17) is 0 Å². The molecule has 0 aromatic carbocycles. The van der Waals surface area contributed by atoms with Gasteiger partial charge >= 0.3 is 0 Å². The van der Waals surface area contributed by atoms with Crippen molar-refractivity contribution in [1.82, 2.24) is 9.88 Å². The first-order chi connectivity index (χ1) is 8.81. The highest BCUT2D eigenvalue weighted by Crippen LogP contribution is 2.26.